The first-order valence-corrected chi connectivity index (χ1v) is 7.02. The fourth-order valence-corrected chi connectivity index (χ4v) is 2.68. The summed E-state index contributed by atoms with van der Waals surface area (Å²) in [7, 11) is 1.56. The Kier molecular flexibility index (Phi) is 4.95. The average Bonchev–Trinajstić information content (AvgIpc) is 2.95. The first kappa shape index (κ1) is 15.5. The minimum absolute atomic E-state index is 0.222. The van der Waals surface area contributed by atoms with Crippen molar-refractivity contribution in [3.63, 3.8) is 0 Å². The lowest BCUT2D eigenvalue weighted by atomic mass is 10.0. The minimum Gasteiger partial charge on any atom is -0.481 e. The second-order valence-corrected chi connectivity index (χ2v) is 5.07. The van der Waals surface area contributed by atoms with Crippen LogP contribution in [0.5, 0.6) is 5.88 Å². The molecule has 2 atom stereocenters. The molecule has 0 saturated carbocycles. The minimum atomic E-state index is -0.836. The van der Waals surface area contributed by atoms with Gasteiger partial charge >= 0.3 is 5.97 Å². The predicted octanol–water partition coefficient (Wildman–Crippen LogP) is 1.11. The molecule has 0 aromatic carbocycles. The summed E-state index contributed by atoms with van der Waals surface area (Å²) in [5.74, 6) is -0.161. The SMILES string of the molecule is CCCN(c1ncnc(OC)c1C)C1COCC1C(=O)O. The lowest BCUT2D eigenvalue weighted by Crippen LogP contribution is -2.44. The Bertz CT molecular complexity index is 509. The molecule has 0 spiro atoms. The van der Waals surface area contributed by atoms with Crippen LogP contribution in [0.1, 0.15) is 18.9 Å². The Labute approximate surface area is 123 Å². The van der Waals surface area contributed by atoms with E-state index >= 15 is 0 Å². The van der Waals surface area contributed by atoms with Gasteiger partial charge in [-0.15, -0.1) is 0 Å². The molecule has 1 saturated heterocycles. The lowest BCUT2D eigenvalue weighted by Gasteiger charge is -2.32. The van der Waals surface area contributed by atoms with Crippen molar-refractivity contribution >= 4 is 11.8 Å². The summed E-state index contributed by atoms with van der Waals surface area (Å²) < 4.78 is 10.6. The quantitative estimate of drug-likeness (QED) is 0.841. The number of rotatable bonds is 6. The zero-order valence-electron chi connectivity index (χ0n) is 12.6. The number of hydrogen-bond donors (Lipinski definition) is 1. The molecule has 1 aromatic heterocycles. The summed E-state index contributed by atoms with van der Waals surface area (Å²) in [6.07, 6.45) is 2.32. The van der Waals surface area contributed by atoms with E-state index in [0.29, 0.717) is 24.8 Å². The maximum Gasteiger partial charge on any atom is 0.311 e. The molecule has 1 N–H and O–H groups in total. The van der Waals surface area contributed by atoms with Gasteiger partial charge in [-0.2, -0.15) is 0 Å². The topological polar surface area (TPSA) is 84.8 Å². The van der Waals surface area contributed by atoms with Crippen molar-refractivity contribution in [3.8, 4) is 5.88 Å². The zero-order chi connectivity index (χ0) is 15.4. The highest BCUT2D eigenvalue weighted by atomic mass is 16.5. The predicted molar refractivity (Wildman–Crippen MR) is 76.7 cm³/mol. The van der Waals surface area contributed by atoms with Gasteiger partial charge < -0.3 is 19.5 Å². The molecule has 21 heavy (non-hydrogen) atoms. The van der Waals surface area contributed by atoms with Crippen molar-refractivity contribution in [2.75, 3.05) is 31.8 Å². The molecule has 1 aliphatic heterocycles. The normalized spacial score (nSPS) is 21.3. The van der Waals surface area contributed by atoms with Gasteiger partial charge in [-0.05, 0) is 13.3 Å². The van der Waals surface area contributed by atoms with E-state index < -0.39 is 11.9 Å². The molecular weight excluding hydrogens is 274 g/mol. The Morgan fingerprint density at radius 1 is 1.52 bits per heavy atom. The van der Waals surface area contributed by atoms with Crippen LogP contribution in [0.2, 0.25) is 0 Å². The summed E-state index contributed by atoms with van der Waals surface area (Å²) in [5.41, 5.74) is 0.810. The third-order valence-electron chi connectivity index (χ3n) is 3.71. The number of methoxy groups -OCH3 is 1. The number of hydrogen-bond acceptors (Lipinski definition) is 6. The van der Waals surface area contributed by atoms with E-state index in [0.717, 1.165) is 12.0 Å². The van der Waals surface area contributed by atoms with Gasteiger partial charge in [0.25, 0.3) is 0 Å². The zero-order valence-corrected chi connectivity index (χ0v) is 12.6. The van der Waals surface area contributed by atoms with Crippen molar-refractivity contribution in [1.29, 1.82) is 0 Å². The second-order valence-electron chi connectivity index (χ2n) is 5.07. The smallest absolute Gasteiger partial charge is 0.311 e. The molecule has 2 unspecified atom stereocenters. The van der Waals surface area contributed by atoms with Crippen molar-refractivity contribution in [1.82, 2.24) is 9.97 Å². The number of aromatic nitrogens is 2. The van der Waals surface area contributed by atoms with E-state index in [9.17, 15) is 9.90 Å². The van der Waals surface area contributed by atoms with E-state index in [-0.39, 0.29) is 12.6 Å². The molecule has 2 rings (SSSR count). The Balaban J connectivity index is 2.37. The summed E-state index contributed by atoms with van der Waals surface area (Å²) >= 11 is 0. The van der Waals surface area contributed by atoms with Gasteiger partial charge in [-0.3, -0.25) is 4.79 Å². The maximum atomic E-state index is 11.4. The van der Waals surface area contributed by atoms with Gasteiger partial charge in [0.15, 0.2) is 0 Å². The van der Waals surface area contributed by atoms with Crippen LogP contribution in [0.15, 0.2) is 6.33 Å². The van der Waals surface area contributed by atoms with Crippen LogP contribution in [0.25, 0.3) is 0 Å². The maximum absolute atomic E-state index is 11.4. The number of carboxylic acid groups (broad SMARTS) is 1. The van der Waals surface area contributed by atoms with Crippen LogP contribution in [0.3, 0.4) is 0 Å². The van der Waals surface area contributed by atoms with Gasteiger partial charge in [0.1, 0.15) is 18.1 Å². The molecule has 1 aliphatic rings. The summed E-state index contributed by atoms with van der Waals surface area (Å²) in [6, 6.07) is -0.222. The fourth-order valence-electron chi connectivity index (χ4n) is 2.68. The van der Waals surface area contributed by atoms with Gasteiger partial charge in [-0.25, -0.2) is 9.97 Å². The average molecular weight is 295 g/mol. The van der Waals surface area contributed by atoms with Crippen molar-refractivity contribution in [2.24, 2.45) is 5.92 Å². The van der Waals surface area contributed by atoms with E-state index in [2.05, 4.69) is 9.97 Å². The van der Waals surface area contributed by atoms with E-state index in [1.807, 2.05) is 18.7 Å². The molecule has 7 nitrogen and oxygen atoms in total. The molecule has 0 amide bonds. The Morgan fingerprint density at radius 3 is 2.90 bits per heavy atom. The summed E-state index contributed by atoms with van der Waals surface area (Å²) in [5, 5.41) is 9.35. The van der Waals surface area contributed by atoms with Crippen LogP contribution in [-0.4, -0.2) is 54.0 Å². The third kappa shape index (κ3) is 3.07. The molecule has 116 valence electrons. The number of anilines is 1. The highest BCUT2D eigenvalue weighted by molar-refractivity contribution is 5.72. The van der Waals surface area contributed by atoms with Gasteiger partial charge in [0.05, 0.1) is 31.9 Å². The largest absolute Gasteiger partial charge is 0.481 e. The standard InChI is InChI=1S/C14H21N3O4/c1-4-5-17(11-7-21-6-10(11)14(18)19)12-9(2)13(20-3)16-8-15-12/h8,10-11H,4-7H2,1-3H3,(H,18,19). The van der Waals surface area contributed by atoms with Crippen LogP contribution in [-0.2, 0) is 9.53 Å². The van der Waals surface area contributed by atoms with E-state index in [4.69, 9.17) is 9.47 Å². The summed E-state index contributed by atoms with van der Waals surface area (Å²) in [4.78, 5) is 21.8. The van der Waals surface area contributed by atoms with Gasteiger partial charge in [-0.1, -0.05) is 6.92 Å². The molecule has 0 radical (unpaired) electrons. The highest BCUT2D eigenvalue weighted by Crippen LogP contribution is 2.29. The number of ether oxygens (including phenoxy) is 2. The van der Waals surface area contributed by atoms with Crippen LogP contribution in [0.4, 0.5) is 5.82 Å². The first-order chi connectivity index (χ1) is 10.1. The Hall–Kier alpha value is -1.89. The number of nitrogens with zero attached hydrogens (tertiary/aromatic N) is 3. The molecule has 0 bridgehead atoms. The molecule has 2 heterocycles. The highest BCUT2D eigenvalue weighted by Gasteiger charge is 2.39. The monoisotopic (exact) mass is 295 g/mol. The molecule has 7 heteroatoms. The molecule has 1 fully saturated rings. The van der Waals surface area contributed by atoms with Crippen LogP contribution in [0, 0.1) is 12.8 Å². The van der Waals surface area contributed by atoms with Crippen molar-refractivity contribution in [3.05, 3.63) is 11.9 Å². The molecule has 0 aliphatic carbocycles. The number of carboxylic acids is 1. The van der Waals surface area contributed by atoms with Crippen molar-refractivity contribution < 1.29 is 19.4 Å². The van der Waals surface area contributed by atoms with Crippen LogP contribution < -0.4 is 9.64 Å². The fraction of sp³-hybridized carbons (Fsp3) is 0.643. The van der Waals surface area contributed by atoms with Crippen molar-refractivity contribution in [2.45, 2.75) is 26.3 Å². The van der Waals surface area contributed by atoms with Gasteiger partial charge in [0.2, 0.25) is 5.88 Å². The van der Waals surface area contributed by atoms with Crippen LogP contribution >= 0.6 is 0 Å². The number of aliphatic carboxylic acids is 1. The third-order valence-corrected chi connectivity index (χ3v) is 3.71. The van der Waals surface area contributed by atoms with E-state index in [1.165, 1.54) is 6.33 Å². The second kappa shape index (κ2) is 6.71. The summed E-state index contributed by atoms with van der Waals surface area (Å²) in [6.45, 7) is 5.26. The Morgan fingerprint density at radius 2 is 2.29 bits per heavy atom. The molecular formula is C14H21N3O4. The molecule has 1 aromatic rings. The van der Waals surface area contributed by atoms with E-state index in [1.54, 1.807) is 7.11 Å². The van der Waals surface area contributed by atoms with Gasteiger partial charge in [0, 0.05) is 6.54 Å². The lowest BCUT2D eigenvalue weighted by molar-refractivity contribution is -0.142. The number of carbonyl (C=O) groups is 1. The first-order valence-electron chi connectivity index (χ1n) is 7.02.